The van der Waals surface area contributed by atoms with Crippen molar-refractivity contribution >= 4 is 33.5 Å². The van der Waals surface area contributed by atoms with Crippen molar-refractivity contribution < 1.29 is 14.7 Å². The monoisotopic (exact) mass is 312 g/mol. The summed E-state index contributed by atoms with van der Waals surface area (Å²) in [6, 6.07) is 4.35. The van der Waals surface area contributed by atoms with E-state index >= 15 is 0 Å². The van der Waals surface area contributed by atoms with E-state index in [1.165, 1.54) is 12.1 Å². The van der Waals surface area contributed by atoms with Gasteiger partial charge in [-0.3, -0.25) is 4.79 Å². The molecule has 1 aromatic rings. The van der Waals surface area contributed by atoms with Gasteiger partial charge >= 0.3 is 5.97 Å². The van der Waals surface area contributed by atoms with E-state index in [1.807, 2.05) is 0 Å². The molecule has 3 N–H and O–H groups in total. The van der Waals surface area contributed by atoms with Gasteiger partial charge in [0.2, 0.25) is 5.91 Å². The van der Waals surface area contributed by atoms with Crippen LogP contribution in [-0.2, 0) is 4.79 Å². The summed E-state index contributed by atoms with van der Waals surface area (Å²) < 4.78 is 0.666. The van der Waals surface area contributed by atoms with Gasteiger partial charge in [-0.15, -0.1) is 0 Å². The van der Waals surface area contributed by atoms with Crippen molar-refractivity contribution in [1.82, 2.24) is 5.32 Å². The smallest absolute Gasteiger partial charge is 0.335 e. The molecule has 1 unspecified atom stereocenters. The Morgan fingerprint density at radius 2 is 2.22 bits per heavy atom. The van der Waals surface area contributed by atoms with Gasteiger partial charge in [-0.05, 0) is 53.5 Å². The van der Waals surface area contributed by atoms with E-state index in [-0.39, 0.29) is 17.5 Å². The molecular formula is C12H13BrN2O3. The Hall–Kier alpha value is -1.40. The number of amides is 1. The predicted octanol–water partition coefficient (Wildman–Crippen LogP) is 1.84. The number of nitrogens with one attached hydrogen (secondary N) is 2. The molecule has 0 spiro atoms. The number of carboxylic acids is 1. The van der Waals surface area contributed by atoms with Crippen molar-refractivity contribution in [2.24, 2.45) is 0 Å². The number of anilines is 1. The first-order chi connectivity index (χ1) is 8.58. The largest absolute Gasteiger partial charge is 0.478 e. The number of hydrogen-bond donors (Lipinski definition) is 3. The second-order valence-electron chi connectivity index (χ2n) is 4.14. The first-order valence-electron chi connectivity index (χ1n) is 5.65. The highest BCUT2D eigenvalue weighted by atomic mass is 79.9. The van der Waals surface area contributed by atoms with E-state index in [9.17, 15) is 9.59 Å². The van der Waals surface area contributed by atoms with E-state index in [2.05, 4.69) is 26.6 Å². The third-order valence-corrected chi connectivity index (χ3v) is 3.54. The second-order valence-corrected chi connectivity index (χ2v) is 4.99. The first-order valence-corrected chi connectivity index (χ1v) is 6.44. The molecule has 0 aromatic heterocycles. The topological polar surface area (TPSA) is 78.4 Å². The van der Waals surface area contributed by atoms with Gasteiger partial charge in [0.25, 0.3) is 0 Å². The summed E-state index contributed by atoms with van der Waals surface area (Å²) in [5, 5.41) is 14.7. The normalized spacial score (nSPS) is 18.6. The van der Waals surface area contributed by atoms with Crippen LogP contribution in [0.3, 0.4) is 0 Å². The second kappa shape index (κ2) is 5.49. The van der Waals surface area contributed by atoms with Crippen LogP contribution < -0.4 is 10.6 Å². The van der Waals surface area contributed by atoms with Crippen LogP contribution >= 0.6 is 15.9 Å². The highest BCUT2D eigenvalue weighted by Gasteiger charge is 2.22. The SMILES string of the molecule is O=C(O)c1ccc(Br)c(NC(=O)C2CCCN2)c1. The highest BCUT2D eigenvalue weighted by molar-refractivity contribution is 9.10. The lowest BCUT2D eigenvalue weighted by molar-refractivity contribution is -0.117. The molecule has 1 atom stereocenters. The average Bonchev–Trinajstić information content (AvgIpc) is 2.85. The van der Waals surface area contributed by atoms with Crippen LogP contribution in [-0.4, -0.2) is 29.6 Å². The summed E-state index contributed by atoms with van der Waals surface area (Å²) in [5.41, 5.74) is 0.626. The van der Waals surface area contributed by atoms with Crippen molar-refractivity contribution in [3.63, 3.8) is 0 Å². The maximum atomic E-state index is 11.9. The van der Waals surface area contributed by atoms with Crippen LogP contribution in [0.25, 0.3) is 0 Å². The number of carbonyl (C=O) groups excluding carboxylic acids is 1. The number of aromatic carboxylic acids is 1. The first kappa shape index (κ1) is 13.0. The fourth-order valence-electron chi connectivity index (χ4n) is 1.88. The minimum atomic E-state index is -1.02. The van der Waals surface area contributed by atoms with Gasteiger partial charge in [-0.1, -0.05) is 0 Å². The maximum absolute atomic E-state index is 11.9. The molecule has 0 radical (unpaired) electrons. The molecule has 0 saturated carbocycles. The van der Waals surface area contributed by atoms with Crippen LogP contribution in [0.1, 0.15) is 23.2 Å². The lowest BCUT2D eigenvalue weighted by atomic mass is 10.2. The molecule has 1 fully saturated rings. The Morgan fingerprint density at radius 1 is 1.44 bits per heavy atom. The van der Waals surface area contributed by atoms with Gasteiger partial charge < -0.3 is 15.7 Å². The fraction of sp³-hybridized carbons (Fsp3) is 0.333. The number of hydrogen-bond acceptors (Lipinski definition) is 3. The zero-order chi connectivity index (χ0) is 13.1. The molecule has 6 heteroatoms. The van der Waals surface area contributed by atoms with Crippen molar-refractivity contribution in [2.75, 3.05) is 11.9 Å². The Labute approximate surface area is 113 Å². The average molecular weight is 313 g/mol. The number of carboxylic acid groups (broad SMARTS) is 1. The summed E-state index contributed by atoms with van der Waals surface area (Å²) in [5.74, 6) is -1.15. The predicted molar refractivity (Wildman–Crippen MR) is 70.8 cm³/mol. The van der Waals surface area contributed by atoms with Crippen molar-refractivity contribution in [3.8, 4) is 0 Å². The lowest BCUT2D eigenvalue weighted by Gasteiger charge is -2.12. The maximum Gasteiger partial charge on any atom is 0.335 e. The molecule has 1 heterocycles. The van der Waals surface area contributed by atoms with Crippen LogP contribution in [0.5, 0.6) is 0 Å². The number of rotatable bonds is 3. The number of carbonyl (C=O) groups is 2. The van der Waals surface area contributed by atoms with E-state index in [0.717, 1.165) is 19.4 Å². The van der Waals surface area contributed by atoms with Crippen molar-refractivity contribution in [3.05, 3.63) is 28.2 Å². The molecule has 18 heavy (non-hydrogen) atoms. The van der Waals surface area contributed by atoms with Crippen molar-refractivity contribution in [1.29, 1.82) is 0 Å². The molecule has 1 amide bonds. The van der Waals surface area contributed by atoms with Crippen LogP contribution in [0, 0.1) is 0 Å². The van der Waals surface area contributed by atoms with Gasteiger partial charge in [0.1, 0.15) is 0 Å². The van der Waals surface area contributed by atoms with E-state index in [1.54, 1.807) is 6.07 Å². The quantitative estimate of drug-likeness (QED) is 0.795. The fourth-order valence-corrected chi connectivity index (χ4v) is 2.23. The minimum Gasteiger partial charge on any atom is -0.478 e. The van der Waals surface area contributed by atoms with Crippen molar-refractivity contribution in [2.45, 2.75) is 18.9 Å². The summed E-state index contributed by atoms with van der Waals surface area (Å²) >= 11 is 3.29. The minimum absolute atomic E-state index is 0.129. The molecule has 2 rings (SSSR count). The summed E-state index contributed by atoms with van der Waals surface area (Å²) in [6.45, 7) is 0.842. The van der Waals surface area contributed by atoms with Gasteiger partial charge in [0.15, 0.2) is 0 Å². The zero-order valence-electron chi connectivity index (χ0n) is 9.57. The Kier molecular flexibility index (Phi) is 3.98. The molecular weight excluding hydrogens is 300 g/mol. The molecule has 1 saturated heterocycles. The molecule has 1 aliphatic rings. The molecule has 5 nitrogen and oxygen atoms in total. The van der Waals surface area contributed by atoms with Gasteiger partial charge in [0, 0.05) is 4.47 Å². The molecule has 96 valence electrons. The summed E-state index contributed by atoms with van der Waals surface area (Å²) in [6.07, 6.45) is 1.79. The summed E-state index contributed by atoms with van der Waals surface area (Å²) in [4.78, 5) is 22.8. The van der Waals surface area contributed by atoms with E-state index in [0.29, 0.717) is 10.2 Å². The highest BCUT2D eigenvalue weighted by Crippen LogP contribution is 2.24. The number of halogens is 1. The third kappa shape index (κ3) is 2.88. The summed E-state index contributed by atoms with van der Waals surface area (Å²) in [7, 11) is 0. The van der Waals surface area contributed by atoms with Crippen LogP contribution in [0.4, 0.5) is 5.69 Å². The Balaban J connectivity index is 2.14. The van der Waals surface area contributed by atoms with Gasteiger partial charge in [0.05, 0.1) is 17.3 Å². The van der Waals surface area contributed by atoms with E-state index < -0.39 is 5.97 Å². The molecule has 1 aliphatic heterocycles. The van der Waals surface area contributed by atoms with Crippen LogP contribution in [0.2, 0.25) is 0 Å². The number of benzene rings is 1. The molecule has 0 bridgehead atoms. The van der Waals surface area contributed by atoms with E-state index in [4.69, 9.17) is 5.11 Å². The Morgan fingerprint density at radius 3 is 2.83 bits per heavy atom. The van der Waals surface area contributed by atoms with Crippen LogP contribution in [0.15, 0.2) is 22.7 Å². The molecule has 0 aliphatic carbocycles. The zero-order valence-corrected chi connectivity index (χ0v) is 11.2. The molecule has 1 aromatic carbocycles. The van der Waals surface area contributed by atoms with Gasteiger partial charge in [-0.2, -0.15) is 0 Å². The standard InChI is InChI=1S/C12H13BrN2O3/c13-8-4-3-7(12(17)18)6-10(8)15-11(16)9-2-1-5-14-9/h3-4,6,9,14H,1-2,5H2,(H,15,16)(H,17,18). The third-order valence-electron chi connectivity index (χ3n) is 2.85. The Bertz CT molecular complexity index is 484. The van der Waals surface area contributed by atoms with Gasteiger partial charge in [-0.25, -0.2) is 4.79 Å². The lowest BCUT2D eigenvalue weighted by Crippen LogP contribution is -2.35.